The number of hydrogen-bond acceptors (Lipinski definition) is 2. The van der Waals surface area contributed by atoms with Gasteiger partial charge in [0.25, 0.3) is 0 Å². The van der Waals surface area contributed by atoms with Crippen LogP contribution in [0.4, 0.5) is 0 Å². The summed E-state index contributed by atoms with van der Waals surface area (Å²) in [5, 5.41) is 0. The maximum atomic E-state index is 11.5. The molecule has 0 aromatic carbocycles. The van der Waals surface area contributed by atoms with Crippen LogP contribution in [-0.2, 0) is 9.53 Å². The van der Waals surface area contributed by atoms with E-state index in [2.05, 4.69) is 27.7 Å². The molecule has 2 bridgehead atoms. The van der Waals surface area contributed by atoms with E-state index in [0.29, 0.717) is 16.7 Å². The highest BCUT2D eigenvalue weighted by Crippen LogP contribution is 2.73. The van der Waals surface area contributed by atoms with Crippen molar-refractivity contribution in [3.63, 3.8) is 0 Å². The van der Waals surface area contributed by atoms with E-state index < -0.39 is 0 Å². The summed E-state index contributed by atoms with van der Waals surface area (Å²) >= 11 is 0. The molecule has 19 heavy (non-hydrogen) atoms. The van der Waals surface area contributed by atoms with Crippen molar-refractivity contribution in [2.75, 3.05) is 0 Å². The Labute approximate surface area is 117 Å². The molecule has 5 atom stereocenters. The highest BCUT2D eigenvalue weighted by molar-refractivity contribution is 5.66. The first kappa shape index (κ1) is 13.5. The first-order chi connectivity index (χ1) is 8.72. The van der Waals surface area contributed by atoms with E-state index in [-0.39, 0.29) is 11.6 Å². The van der Waals surface area contributed by atoms with Crippen molar-refractivity contribution in [1.29, 1.82) is 0 Å². The lowest BCUT2D eigenvalue weighted by molar-refractivity contribution is -0.171. The number of carbonyl (C=O) groups is 1. The molecule has 2 nitrogen and oxygen atoms in total. The predicted molar refractivity (Wildman–Crippen MR) is 75.6 cm³/mol. The molecule has 0 amide bonds. The van der Waals surface area contributed by atoms with Gasteiger partial charge in [-0.05, 0) is 61.7 Å². The van der Waals surface area contributed by atoms with E-state index in [4.69, 9.17) is 4.74 Å². The van der Waals surface area contributed by atoms with Gasteiger partial charge in [-0.1, -0.05) is 20.8 Å². The van der Waals surface area contributed by atoms with Crippen LogP contribution in [-0.4, -0.2) is 11.6 Å². The topological polar surface area (TPSA) is 26.3 Å². The Morgan fingerprint density at radius 3 is 2.42 bits per heavy atom. The van der Waals surface area contributed by atoms with Gasteiger partial charge in [-0.15, -0.1) is 0 Å². The van der Waals surface area contributed by atoms with Gasteiger partial charge in [-0.3, -0.25) is 4.79 Å². The molecule has 2 heteroatoms. The zero-order valence-electron chi connectivity index (χ0n) is 13.1. The van der Waals surface area contributed by atoms with Gasteiger partial charge in [0.1, 0.15) is 5.60 Å². The van der Waals surface area contributed by atoms with Crippen LogP contribution in [0.3, 0.4) is 0 Å². The molecule has 108 valence electrons. The average molecular weight is 264 g/mol. The molecule has 5 unspecified atom stereocenters. The van der Waals surface area contributed by atoms with Crippen LogP contribution in [0.15, 0.2) is 0 Å². The third-order valence-electron chi connectivity index (χ3n) is 7.15. The van der Waals surface area contributed by atoms with Crippen LogP contribution in [0.5, 0.6) is 0 Å². The number of hydrogen-bond donors (Lipinski definition) is 0. The van der Waals surface area contributed by atoms with E-state index in [1.54, 1.807) is 6.92 Å². The quantitative estimate of drug-likeness (QED) is 0.664. The van der Waals surface area contributed by atoms with E-state index in [9.17, 15) is 4.79 Å². The maximum Gasteiger partial charge on any atom is 0.303 e. The van der Waals surface area contributed by atoms with E-state index in [1.807, 2.05) is 0 Å². The normalized spacial score (nSPS) is 50.9. The molecule has 3 aliphatic carbocycles. The molecular weight excluding hydrogens is 236 g/mol. The summed E-state index contributed by atoms with van der Waals surface area (Å²) in [5.74, 6) is 2.10. The van der Waals surface area contributed by atoms with E-state index >= 15 is 0 Å². The van der Waals surface area contributed by atoms with Gasteiger partial charge in [-0.25, -0.2) is 0 Å². The summed E-state index contributed by atoms with van der Waals surface area (Å²) < 4.78 is 5.80. The van der Waals surface area contributed by atoms with Gasteiger partial charge in [0.2, 0.25) is 0 Å². The molecule has 0 heterocycles. The molecule has 0 N–H and O–H groups in total. The summed E-state index contributed by atoms with van der Waals surface area (Å²) in [6.07, 6.45) is 6.35. The molecule has 1 spiro atoms. The molecule has 3 aliphatic rings. The standard InChI is InChI=1S/C17H28O2/c1-11-6-7-13-15(3,4)14-10-17(11,13)9-8-16(14,5)19-12(2)18/h11,13-14H,6-10H2,1-5H3. The highest BCUT2D eigenvalue weighted by atomic mass is 16.6. The van der Waals surface area contributed by atoms with E-state index in [1.165, 1.54) is 25.7 Å². The Bertz CT molecular complexity index is 413. The minimum Gasteiger partial charge on any atom is -0.459 e. The SMILES string of the molecule is CC(=O)OC1(C)CCC23CC1C(C)(C)C2CCC3C. The van der Waals surface area contributed by atoms with Crippen molar-refractivity contribution < 1.29 is 9.53 Å². The van der Waals surface area contributed by atoms with Crippen molar-refractivity contribution in [3.8, 4) is 0 Å². The van der Waals surface area contributed by atoms with Crippen molar-refractivity contribution in [2.24, 2.45) is 28.6 Å². The monoisotopic (exact) mass is 264 g/mol. The Morgan fingerprint density at radius 2 is 1.79 bits per heavy atom. The minimum absolute atomic E-state index is 0.112. The van der Waals surface area contributed by atoms with Crippen LogP contribution in [0.1, 0.15) is 66.7 Å². The molecule has 0 radical (unpaired) electrons. The van der Waals surface area contributed by atoms with Gasteiger partial charge in [0, 0.05) is 12.8 Å². The van der Waals surface area contributed by atoms with E-state index in [0.717, 1.165) is 18.3 Å². The summed E-state index contributed by atoms with van der Waals surface area (Å²) in [5.41, 5.74) is 0.629. The fourth-order valence-corrected chi connectivity index (χ4v) is 6.31. The number of ether oxygens (including phenoxy) is 1. The third-order valence-corrected chi connectivity index (χ3v) is 7.15. The molecule has 3 rings (SSSR count). The Kier molecular flexibility index (Phi) is 2.67. The first-order valence-electron chi connectivity index (χ1n) is 7.92. The lowest BCUT2D eigenvalue weighted by Crippen LogP contribution is -2.47. The summed E-state index contributed by atoms with van der Waals surface area (Å²) in [7, 11) is 0. The molecule has 3 fully saturated rings. The zero-order chi connectivity index (χ0) is 14.1. The van der Waals surface area contributed by atoms with Gasteiger partial charge in [0.05, 0.1) is 0 Å². The van der Waals surface area contributed by atoms with Gasteiger partial charge in [-0.2, -0.15) is 0 Å². The fourth-order valence-electron chi connectivity index (χ4n) is 6.31. The number of rotatable bonds is 1. The lowest BCUT2D eigenvalue weighted by Gasteiger charge is -2.46. The fraction of sp³-hybridized carbons (Fsp3) is 0.941. The lowest BCUT2D eigenvalue weighted by atomic mass is 9.64. The van der Waals surface area contributed by atoms with Crippen molar-refractivity contribution in [1.82, 2.24) is 0 Å². The molecule has 0 saturated heterocycles. The molecule has 0 aliphatic heterocycles. The van der Waals surface area contributed by atoms with Gasteiger partial charge in [0.15, 0.2) is 0 Å². The van der Waals surface area contributed by atoms with Crippen LogP contribution in [0.2, 0.25) is 0 Å². The second kappa shape index (κ2) is 3.77. The molecular formula is C17H28O2. The molecule has 0 aromatic heterocycles. The predicted octanol–water partition coefficient (Wildman–Crippen LogP) is 4.18. The van der Waals surface area contributed by atoms with Crippen LogP contribution in [0, 0.1) is 28.6 Å². The van der Waals surface area contributed by atoms with Crippen molar-refractivity contribution >= 4 is 5.97 Å². The largest absolute Gasteiger partial charge is 0.459 e. The average Bonchev–Trinajstić information content (AvgIpc) is 2.69. The summed E-state index contributed by atoms with van der Waals surface area (Å²) in [4.78, 5) is 11.5. The highest BCUT2D eigenvalue weighted by Gasteiger charge is 2.68. The van der Waals surface area contributed by atoms with Gasteiger partial charge < -0.3 is 4.74 Å². The summed E-state index contributed by atoms with van der Waals surface area (Å²) in [6.45, 7) is 11.0. The minimum atomic E-state index is -0.232. The van der Waals surface area contributed by atoms with Gasteiger partial charge >= 0.3 is 5.97 Å². The maximum absolute atomic E-state index is 11.5. The van der Waals surface area contributed by atoms with Crippen molar-refractivity contribution in [2.45, 2.75) is 72.3 Å². The van der Waals surface area contributed by atoms with Crippen molar-refractivity contribution in [3.05, 3.63) is 0 Å². The Balaban J connectivity index is 1.99. The molecule has 0 aromatic rings. The van der Waals surface area contributed by atoms with Crippen LogP contribution < -0.4 is 0 Å². The number of fused-ring (bicyclic) bond motifs is 1. The second-order valence-electron chi connectivity index (χ2n) is 8.25. The first-order valence-corrected chi connectivity index (χ1v) is 7.92. The number of esters is 1. The zero-order valence-corrected chi connectivity index (χ0v) is 13.1. The van der Waals surface area contributed by atoms with Crippen LogP contribution >= 0.6 is 0 Å². The van der Waals surface area contributed by atoms with Crippen LogP contribution in [0.25, 0.3) is 0 Å². The number of carbonyl (C=O) groups excluding carboxylic acids is 1. The Morgan fingerprint density at radius 1 is 1.11 bits per heavy atom. The Hall–Kier alpha value is -0.530. The second-order valence-corrected chi connectivity index (χ2v) is 8.25. The third kappa shape index (κ3) is 1.58. The molecule has 3 saturated carbocycles. The smallest absolute Gasteiger partial charge is 0.303 e. The summed E-state index contributed by atoms with van der Waals surface area (Å²) in [6, 6.07) is 0.